The molecule has 0 radical (unpaired) electrons. The molecule has 0 N–H and O–H groups in total. The summed E-state index contributed by atoms with van der Waals surface area (Å²) >= 11 is 0. The molecule has 22 heavy (non-hydrogen) atoms. The number of piperazine rings is 1. The normalized spacial score (nSPS) is 15.3. The van der Waals surface area contributed by atoms with Gasteiger partial charge in [-0.1, -0.05) is 12.1 Å². The monoisotopic (exact) mass is 296 g/mol. The van der Waals surface area contributed by atoms with E-state index < -0.39 is 0 Å². The molecule has 5 heteroatoms. The van der Waals surface area contributed by atoms with Crippen LogP contribution in [-0.2, 0) is 0 Å². The molecule has 3 rings (SSSR count). The predicted octanol–water partition coefficient (Wildman–Crippen LogP) is 2.25. The van der Waals surface area contributed by atoms with Crippen LogP contribution < -0.4 is 9.64 Å². The molecule has 0 saturated carbocycles. The lowest BCUT2D eigenvalue weighted by atomic mass is 10.2. The first kappa shape index (κ1) is 14.4. The van der Waals surface area contributed by atoms with Crippen molar-refractivity contribution in [1.82, 2.24) is 9.99 Å². The molecule has 1 aromatic heterocycles. The minimum Gasteiger partial charge on any atom is -0.495 e. The summed E-state index contributed by atoms with van der Waals surface area (Å²) in [6, 6.07) is 12.1. The molecule has 114 valence electrons. The molecule has 0 unspecified atom stereocenters. The van der Waals surface area contributed by atoms with Crippen molar-refractivity contribution in [2.75, 3.05) is 38.2 Å². The summed E-state index contributed by atoms with van der Waals surface area (Å²) in [5, 5.41) is 6.65. The van der Waals surface area contributed by atoms with Crippen molar-refractivity contribution in [2.24, 2.45) is 5.10 Å². The SMILES string of the molecule is COc1ccccc1N1CCN(/N=C/c2ccncc2)CC1. The van der Waals surface area contributed by atoms with Crippen LogP contribution in [0.3, 0.4) is 0 Å². The van der Waals surface area contributed by atoms with E-state index in [0.29, 0.717) is 0 Å². The van der Waals surface area contributed by atoms with E-state index in [2.05, 4.69) is 26.1 Å². The molecule has 2 aromatic rings. The zero-order valence-electron chi connectivity index (χ0n) is 12.7. The molecular weight excluding hydrogens is 276 g/mol. The van der Waals surface area contributed by atoms with Gasteiger partial charge in [0.1, 0.15) is 5.75 Å². The van der Waals surface area contributed by atoms with Gasteiger partial charge in [-0.3, -0.25) is 9.99 Å². The number of nitrogens with zero attached hydrogens (tertiary/aromatic N) is 4. The second-order valence-corrected chi connectivity index (χ2v) is 5.14. The molecule has 0 spiro atoms. The number of anilines is 1. The Morgan fingerprint density at radius 3 is 2.50 bits per heavy atom. The van der Waals surface area contributed by atoms with Crippen molar-refractivity contribution >= 4 is 11.9 Å². The van der Waals surface area contributed by atoms with Gasteiger partial charge >= 0.3 is 0 Å². The average Bonchev–Trinajstić information content (AvgIpc) is 2.61. The van der Waals surface area contributed by atoms with Gasteiger partial charge in [0.25, 0.3) is 0 Å². The Balaban J connectivity index is 1.60. The van der Waals surface area contributed by atoms with Crippen LogP contribution in [0.1, 0.15) is 5.56 Å². The maximum atomic E-state index is 5.44. The van der Waals surface area contributed by atoms with Crippen molar-refractivity contribution in [3.63, 3.8) is 0 Å². The number of aromatic nitrogens is 1. The smallest absolute Gasteiger partial charge is 0.142 e. The average molecular weight is 296 g/mol. The highest BCUT2D eigenvalue weighted by molar-refractivity contribution is 5.78. The second-order valence-electron chi connectivity index (χ2n) is 5.14. The predicted molar refractivity (Wildman–Crippen MR) is 88.6 cm³/mol. The van der Waals surface area contributed by atoms with Crippen LogP contribution in [0, 0.1) is 0 Å². The van der Waals surface area contributed by atoms with Gasteiger partial charge in [0.2, 0.25) is 0 Å². The first-order valence-electron chi connectivity index (χ1n) is 7.44. The number of methoxy groups -OCH3 is 1. The van der Waals surface area contributed by atoms with Crippen LogP contribution in [-0.4, -0.2) is 49.5 Å². The van der Waals surface area contributed by atoms with E-state index in [-0.39, 0.29) is 0 Å². The van der Waals surface area contributed by atoms with Crippen LogP contribution in [0.2, 0.25) is 0 Å². The molecule has 1 aliphatic rings. The highest BCUT2D eigenvalue weighted by Crippen LogP contribution is 2.28. The molecule has 0 atom stereocenters. The quantitative estimate of drug-likeness (QED) is 0.812. The van der Waals surface area contributed by atoms with Crippen molar-refractivity contribution in [3.05, 3.63) is 54.4 Å². The van der Waals surface area contributed by atoms with E-state index >= 15 is 0 Å². The van der Waals surface area contributed by atoms with Crippen LogP contribution in [0.5, 0.6) is 5.75 Å². The molecule has 2 heterocycles. The fourth-order valence-corrected chi connectivity index (χ4v) is 2.54. The number of hydrogen-bond acceptors (Lipinski definition) is 5. The lowest BCUT2D eigenvalue weighted by molar-refractivity contribution is 0.271. The summed E-state index contributed by atoms with van der Waals surface area (Å²) in [5.74, 6) is 0.927. The van der Waals surface area contributed by atoms with Crippen LogP contribution in [0.4, 0.5) is 5.69 Å². The number of rotatable bonds is 4. The maximum absolute atomic E-state index is 5.44. The van der Waals surface area contributed by atoms with Crippen LogP contribution in [0.25, 0.3) is 0 Å². The summed E-state index contributed by atoms with van der Waals surface area (Å²) < 4.78 is 5.44. The van der Waals surface area contributed by atoms with E-state index in [1.807, 2.05) is 36.5 Å². The molecule has 5 nitrogen and oxygen atoms in total. The number of hydrazone groups is 1. The van der Waals surface area contributed by atoms with E-state index in [1.54, 1.807) is 19.5 Å². The minimum absolute atomic E-state index is 0.902. The Morgan fingerprint density at radius 2 is 1.77 bits per heavy atom. The first-order valence-corrected chi connectivity index (χ1v) is 7.44. The zero-order chi connectivity index (χ0) is 15.2. The highest BCUT2D eigenvalue weighted by atomic mass is 16.5. The van der Waals surface area contributed by atoms with Crippen molar-refractivity contribution in [3.8, 4) is 5.75 Å². The highest BCUT2D eigenvalue weighted by Gasteiger charge is 2.18. The van der Waals surface area contributed by atoms with Crippen molar-refractivity contribution < 1.29 is 4.74 Å². The fourth-order valence-electron chi connectivity index (χ4n) is 2.54. The number of ether oxygens (including phenoxy) is 1. The zero-order valence-corrected chi connectivity index (χ0v) is 12.7. The summed E-state index contributed by atoms with van der Waals surface area (Å²) in [5.41, 5.74) is 2.23. The van der Waals surface area contributed by atoms with E-state index in [9.17, 15) is 0 Å². The number of para-hydroxylation sites is 2. The van der Waals surface area contributed by atoms with Crippen LogP contribution >= 0.6 is 0 Å². The summed E-state index contributed by atoms with van der Waals surface area (Å²) in [6.07, 6.45) is 5.45. The van der Waals surface area contributed by atoms with Gasteiger partial charge in [-0.15, -0.1) is 0 Å². The molecule has 0 aliphatic carbocycles. The molecule has 1 aromatic carbocycles. The third-order valence-corrected chi connectivity index (χ3v) is 3.76. The first-order chi connectivity index (χ1) is 10.9. The van der Waals surface area contributed by atoms with Gasteiger partial charge in [0.05, 0.1) is 32.1 Å². The Hall–Kier alpha value is -2.56. The van der Waals surface area contributed by atoms with Gasteiger partial charge in [-0.2, -0.15) is 5.10 Å². The number of benzene rings is 1. The molecule has 1 aliphatic heterocycles. The summed E-state index contributed by atoms with van der Waals surface area (Å²) in [7, 11) is 1.72. The standard InChI is InChI=1S/C17H20N4O/c1-22-17-5-3-2-4-16(17)20-10-12-21(13-11-20)19-14-15-6-8-18-9-7-15/h2-9,14H,10-13H2,1H3/b19-14+. The van der Waals surface area contributed by atoms with Crippen molar-refractivity contribution in [2.45, 2.75) is 0 Å². The largest absolute Gasteiger partial charge is 0.495 e. The topological polar surface area (TPSA) is 41.0 Å². The van der Waals surface area contributed by atoms with E-state index in [1.165, 1.54) is 0 Å². The molecule has 0 amide bonds. The molecular formula is C17H20N4O. The van der Waals surface area contributed by atoms with Gasteiger partial charge < -0.3 is 9.64 Å². The van der Waals surface area contributed by atoms with Gasteiger partial charge in [0, 0.05) is 25.5 Å². The lowest BCUT2D eigenvalue weighted by Crippen LogP contribution is -2.44. The molecule has 0 bridgehead atoms. The number of pyridine rings is 1. The maximum Gasteiger partial charge on any atom is 0.142 e. The minimum atomic E-state index is 0.902. The molecule has 1 saturated heterocycles. The Labute approximate surface area is 130 Å². The summed E-state index contributed by atoms with van der Waals surface area (Å²) in [6.45, 7) is 3.68. The Bertz CT molecular complexity index is 622. The Morgan fingerprint density at radius 1 is 1.05 bits per heavy atom. The molecule has 1 fully saturated rings. The van der Waals surface area contributed by atoms with E-state index in [0.717, 1.165) is 43.2 Å². The third-order valence-electron chi connectivity index (χ3n) is 3.76. The van der Waals surface area contributed by atoms with Crippen molar-refractivity contribution in [1.29, 1.82) is 0 Å². The Kier molecular flexibility index (Phi) is 4.53. The van der Waals surface area contributed by atoms with E-state index in [4.69, 9.17) is 4.74 Å². The summed E-state index contributed by atoms with van der Waals surface area (Å²) in [4.78, 5) is 6.35. The van der Waals surface area contributed by atoms with Gasteiger partial charge in [0.15, 0.2) is 0 Å². The third kappa shape index (κ3) is 3.36. The van der Waals surface area contributed by atoms with Gasteiger partial charge in [-0.05, 0) is 29.8 Å². The lowest BCUT2D eigenvalue weighted by Gasteiger charge is -2.35. The van der Waals surface area contributed by atoms with Gasteiger partial charge in [-0.25, -0.2) is 0 Å². The van der Waals surface area contributed by atoms with Crippen LogP contribution in [0.15, 0.2) is 53.9 Å². The second kappa shape index (κ2) is 6.93. The number of hydrogen-bond donors (Lipinski definition) is 0. The fraction of sp³-hybridized carbons (Fsp3) is 0.294.